The topological polar surface area (TPSA) is 52.6 Å². The van der Waals surface area contributed by atoms with Gasteiger partial charge in [0.25, 0.3) is 0 Å². The van der Waals surface area contributed by atoms with E-state index in [0.29, 0.717) is 37.5 Å². The number of esters is 2. The lowest BCUT2D eigenvalue weighted by atomic mass is 10.1. The second-order valence-electron chi connectivity index (χ2n) is 7.46. The summed E-state index contributed by atoms with van der Waals surface area (Å²) in [6.07, 6.45) is 12.1. The van der Waals surface area contributed by atoms with Crippen LogP contribution in [0.15, 0.2) is 24.3 Å². The monoisotopic (exact) mass is 424 g/mol. The van der Waals surface area contributed by atoms with E-state index in [1.807, 2.05) is 24.3 Å². The highest BCUT2D eigenvalue weighted by molar-refractivity contribution is 6.31. The van der Waals surface area contributed by atoms with E-state index in [1.165, 1.54) is 12.8 Å². The molecular weight excluding hydrogens is 388 g/mol. The molecule has 1 aromatic carbocycles. The van der Waals surface area contributed by atoms with Gasteiger partial charge in [-0.05, 0) is 30.9 Å². The van der Waals surface area contributed by atoms with Crippen LogP contribution in [0.25, 0.3) is 0 Å². The van der Waals surface area contributed by atoms with Crippen LogP contribution < -0.4 is 0 Å². The van der Waals surface area contributed by atoms with Crippen molar-refractivity contribution in [3.63, 3.8) is 0 Å². The molecule has 164 valence electrons. The molecule has 1 aromatic rings. The molecule has 0 aliphatic carbocycles. The van der Waals surface area contributed by atoms with Crippen LogP contribution in [0.1, 0.15) is 89.5 Å². The third-order valence-corrected chi connectivity index (χ3v) is 5.23. The van der Waals surface area contributed by atoms with Crippen LogP contribution in [0.3, 0.4) is 0 Å². The third kappa shape index (κ3) is 14.1. The lowest BCUT2D eigenvalue weighted by molar-refractivity contribution is -0.144. The van der Waals surface area contributed by atoms with E-state index in [1.54, 1.807) is 0 Å². The molecule has 0 radical (unpaired) electrons. The van der Waals surface area contributed by atoms with Crippen molar-refractivity contribution in [3.05, 3.63) is 34.9 Å². The second-order valence-corrected chi connectivity index (χ2v) is 7.87. The molecule has 0 spiro atoms. The van der Waals surface area contributed by atoms with Crippen molar-refractivity contribution in [1.29, 1.82) is 0 Å². The van der Waals surface area contributed by atoms with Gasteiger partial charge in [0.15, 0.2) is 0 Å². The van der Waals surface area contributed by atoms with Gasteiger partial charge in [0.05, 0.1) is 13.2 Å². The van der Waals surface area contributed by atoms with Gasteiger partial charge in [0, 0.05) is 24.3 Å². The van der Waals surface area contributed by atoms with E-state index in [4.69, 9.17) is 21.1 Å². The summed E-state index contributed by atoms with van der Waals surface area (Å²) in [6.45, 7) is 3.10. The number of hydrogen-bond acceptors (Lipinski definition) is 4. The first kappa shape index (κ1) is 25.5. The van der Waals surface area contributed by atoms with Gasteiger partial charge in [-0.2, -0.15) is 0 Å². The number of unbranched alkanes of at least 4 members (excludes halogenated alkanes) is 8. The van der Waals surface area contributed by atoms with Gasteiger partial charge < -0.3 is 9.47 Å². The Bertz CT molecular complexity index is 574. The van der Waals surface area contributed by atoms with E-state index < -0.39 is 0 Å². The Balaban J connectivity index is 1.88. The number of ether oxygens (including phenoxy) is 2. The average molecular weight is 425 g/mol. The first-order valence-electron chi connectivity index (χ1n) is 11.2. The third-order valence-electron chi connectivity index (χ3n) is 4.87. The summed E-state index contributed by atoms with van der Waals surface area (Å²) in [5, 5.41) is 0.712. The first-order valence-corrected chi connectivity index (χ1v) is 11.6. The summed E-state index contributed by atoms with van der Waals surface area (Å²) in [6, 6.07) is 7.61. The number of rotatable bonds is 17. The lowest BCUT2D eigenvalue weighted by Crippen LogP contribution is -2.07. The van der Waals surface area contributed by atoms with E-state index in [9.17, 15) is 9.59 Å². The number of halogens is 1. The Morgan fingerprint density at radius 1 is 0.759 bits per heavy atom. The van der Waals surface area contributed by atoms with Crippen LogP contribution in [-0.4, -0.2) is 25.2 Å². The minimum atomic E-state index is -0.140. The van der Waals surface area contributed by atoms with Crippen LogP contribution in [0.4, 0.5) is 0 Å². The largest absolute Gasteiger partial charge is 0.466 e. The fourth-order valence-corrected chi connectivity index (χ4v) is 3.31. The second kappa shape index (κ2) is 17.3. The molecule has 0 aliphatic rings. The Morgan fingerprint density at radius 3 is 1.93 bits per heavy atom. The minimum absolute atomic E-state index is 0.0685. The molecule has 0 unspecified atom stereocenters. The van der Waals surface area contributed by atoms with E-state index in [2.05, 4.69) is 6.92 Å². The highest BCUT2D eigenvalue weighted by Crippen LogP contribution is 2.15. The molecule has 0 saturated heterocycles. The van der Waals surface area contributed by atoms with Crippen molar-refractivity contribution in [2.24, 2.45) is 0 Å². The van der Waals surface area contributed by atoms with Crippen LogP contribution in [0, 0.1) is 0 Å². The summed E-state index contributed by atoms with van der Waals surface area (Å²) < 4.78 is 10.5. The van der Waals surface area contributed by atoms with Crippen molar-refractivity contribution in [2.45, 2.75) is 90.4 Å². The number of benzene rings is 1. The number of carbonyl (C=O) groups is 2. The number of hydrogen-bond donors (Lipinski definition) is 0. The van der Waals surface area contributed by atoms with Gasteiger partial charge in [0.1, 0.15) is 0 Å². The Hall–Kier alpha value is -1.55. The minimum Gasteiger partial charge on any atom is -0.466 e. The standard InChI is InChI=1S/C24H37ClO4/c1-2-3-4-13-19-28-23(26)16-9-7-5-6-8-10-17-24(27)29-20-18-21-14-11-12-15-22(21)25/h11-12,14-15H,2-10,13,16-20H2,1H3. The molecule has 1 rings (SSSR count). The zero-order valence-corrected chi connectivity index (χ0v) is 18.7. The molecule has 0 fully saturated rings. The highest BCUT2D eigenvalue weighted by atomic mass is 35.5. The summed E-state index contributed by atoms with van der Waals surface area (Å²) in [4.78, 5) is 23.4. The van der Waals surface area contributed by atoms with Crippen LogP contribution >= 0.6 is 11.6 Å². The zero-order chi connectivity index (χ0) is 21.2. The zero-order valence-electron chi connectivity index (χ0n) is 17.9. The van der Waals surface area contributed by atoms with Gasteiger partial charge in [-0.1, -0.05) is 81.7 Å². The maximum absolute atomic E-state index is 11.8. The van der Waals surface area contributed by atoms with Gasteiger partial charge in [-0.25, -0.2) is 0 Å². The smallest absolute Gasteiger partial charge is 0.305 e. The van der Waals surface area contributed by atoms with Gasteiger partial charge in [-0.15, -0.1) is 0 Å². The Kier molecular flexibility index (Phi) is 15.2. The Morgan fingerprint density at radius 2 is 1.31 bits per heavy atom. The predicted octanol–water partition coefficient (Wildman–Crippen LogP) is 6.67. The quantitative estimate of drug-likeness (QED) is 0.207. The molecule has 5 heteroatoms. The lowest BCUT2D eigenvalue weighted by Gasteiger charge is -2.06. The maximum atomic E-state index is 11.8. The van der Waals surface area contributed by atoms with Gasteiger partial charge in [0.2, 0.25) is 0 Å². The fraction of sp³-hybridized carbons (Fsp3) is 0.667. The molecule has 0 atom stereocenters. The van der Waals surface area contributed by atoms with Gasteiger partial charge >= 0.3 is 11.9 Å². The molecule has 0 amide bonds. The average Bonchev–Trinajstić information content (AvgIpc) is 2.71. The maximum Gasteiger partial charge on any atom is 0.305 e. The van der Waals surface area contributed by atoms with Crippen molar-refractivity contribution in [1.82, 2.24) is 0 Å². The van der Waals surface area contributed by atoms with Crippen LogP contribution in [0.5, 0.6) is 0 Å². The van der Waals surface area contributed by atoms with Crippen molar-refractivity contribution in [2.75, 3.05) is 13.2 Å². The number of carbonyl (C=O) groups excluding carboxylic acids is 2. The normalized spacial score (nSPS) is 10.7. The molecule has 0 N–H and O–H groups in total. The van der Waals surface area contributed by atoms with E-state index in [-0.39, 0.29) is 11.9 Å². The van der Waals surface area contributed by atoms with Crippen LogP contribution in [0.2, 0.25) is 5.02 Å². The molecule has 0 saturated carbocycles. The van der Waals surface area contributed by atoms with Crippen LogP contribution in [-0.2, 0) is 25.5 Å². The SMILES string of the molecule is CCCCCCOC(=O)CCCCCCCCC(=O)OCCc1ccccc1Cl. The van der Waals surface area contributed by atoms with Crippen molar-refractivity contribution >= 4 is 23.5 Å². The summed E-state index contributed by atoms with van der Waals surface area (Å²) in [5.41, 5.74) is 1.00. The predicted molar refractivity (Wildman–Crippen MR) is 118 cm³/mol. The summed E-state index contributed by atoms with van der Waals surface area (Å²) in [5.74, 6) is -0.209. The molecule has 4 nitrogen and oxygen atoms in total. The molecule has 0 aliphatic heterocycles. The van der Waals surface area contributed by atoms with E-state index in [0.717, 1.165) is 56.9 Å². The molecule has 0 aromatic heterocycles. The molecule has 29 heavy (non-hydrogen) atoms. The summed E-state index contributed by atoms with van der Waals surface area (Å²) in [7, 11) is 0. The van der Waals surface area contributed by atoms with Crippen molar-refractivity contribution < 1.29 is 19.1 Å². The van der Waals surface area contributed by atoms with Gasteiger partial charge in [-0.3, -0.25) is 9.59 Å². The molecular formula is C24H37ClO4. The Labute approximate surface area is 181 Å². The first-order chi connectivity index (χ1) is 14.1. The molecule has 0 heterocycles. The van der Waals surface area contributed by atoms with Crippen molar-refractivity contribution in [3.8, 4) is 0 Å². The summed E-state index contributed by atoms with van der Waals surface area (Å²) >= 11 is 6.08. The van der Waals surface area contributed by atoms with E-state index >= 15 is 0 Å². The molecule has 0 bridgehead atoms. The highest BCUT2D eigenvalue weighted by Gasteiger charge is 2.05. The fourth-order valence-electron chi connectivity index (χ4n) is 3.08.